The highest BCUT2D eigenvalue weighted by Gasteiger charge is 2.24. The third-order valence-electron chi connectivity index (χ3n) is 1.65. The van der Waals surface area contributed by atoms with E-state index in [0.717, 1.165) is 0 Å². The molecular formula is C8H14O6. The van der Waals surface area contributed by atoms with E-state index in [1.807, 2.05) is 0 Å². The van der Waals surface area contributed by atoms with Crippen LogP contribution in [0, 0.1) is 0 Å². The van der Waals surface area contributed by atoms with Crippen molar-refractivity contribution in [2.45, 2.75) is 32.0 Å². The molecule has 82 valence electrons. The minimum Gasteiger partial charge on any atom is -0.481 e. The largest absolute Gasteiger partial charge is 0.481 e. The molecule has 6 nitrogen and oxygen atoms in total. The molecular weight excluding hydrogens is 192 g/mol. The van der Waals surface area contributed by atoms with Crippen molar-refractivity contribution in [3.05, 3.63) is 0 Å². The Bertz CT molecular complexity index is 198. The van der Waals surface area contributed by atoms with E-state index >= 15 is 0 Å². The highest BCUT2D eigenvalue weighted by atomic mass is 16.5. The summed E-state index contributed by atoms with van der Waals surface area (Å²) >= 11 is 0. The van der Waals surface area contributed by atoms with Gasteiger partial charge in [0.15, 0.2) is 6.10 Å². The molecule has 0 saturated heterocycles. The van der Waals surface area contributed by atoms with Gasteiger partial charge in [-0.1, -0.05) is 6.92 Å². The topological polar surface area (TPSA) is 104 Å². The molecule has 3 N–H and O–H groups in total. The Hall–Kier alpha value is -1.14. The van der Waals surface area contributed by atoms with E-state index in [1.54, 1.807) is 6.92 Å². The van der Waals surface area contributed by atoms with Gasteiger partial charge in [0.25, 0.3) is 0 Å². The second-order valence-electron chi connectivity index (χ2n) is 2.77. The van der Waals surface area contributed by atoms with Crippen molar-refractivity contribution in [1.29, 1.82) is 0 Å². The first-order valence-corrected chi connectivity index (χ1v) is 4.22. The van der Waals surface area contributed by atoms with E-state index in [1.165, 1.54) is 0 Å². The number of aliphatic hydroxyl groups excluding tert-OH is 1. The van der Waals surface area contributed by atoms with Crippen LogP contribution in [0.4, 0.5) is 0 Å². The Balaban J connectivity index is 4.21. The Morgan fingerprint density at radius 2 is 1.93 bits per heavy atom. The highest BCUT2D eigenvalue weighted by molar-refractivity contribution is 5.79. The average molecular weight is 206 g/mol. The van der Waals surface area contributed by atoms with E-state index in [4.69, 9.17) is 20.1 Å². The van der Waals surface area contributed by atoms with Crippen LogP contribution in [-0.2, 0) is 14.3 Å². The van der Waals surface area contributed by atoms with Crippen LogP contribution >= 0.6 is 0 Å². The summed E-state index contributed by atoms with van der Waals surface area (Å²) in [6, 6.07) is 0. The van der Waals surface area contributed by atoms with Gasteiger partial charge >= 0.3 is 11.9 Å². The SMILES string of the molecule is CCC(CO)OC(CC(=O)O)C(=O)O. The number of hydrogen-bond donors (Lipinski definition) is 3. The summed E-state index contributed by atoms with van der Waals surface area (Å²) in [6.07, 6.45) is -2.20. The van der Waals surface area contributed by atoms with Crippen molar-refractivity contribution in [3.8, 4) is 0 Å². The molecule has 0 aromatic rings. The van der Waals surface area contributed by atoms with Crippen LogP contribution < -0.4 is 0 Å². The molecule has 0 saturated carbocycles. The molecule has 0 radical (unpaired) electrons. The van der Waals surface area contributed by atoms with Gasteiger partial charge in [-0.15, -0.1) is 0 Å². The molecule has 0 fully saturated rings. The molecule has 0 aliphatic carbocycles. The zero-order chi connectivity index (χ0) is 11.1. The van der Waals surface area contributed by atoms with Gasteiger partial charge in [0.1, 0.15) is 0 Å². The van der Waals surface area contributed by atoms with Crippen LogP contribution in [0.25, 0.3) is 0 Å². The molecule has 14 heavy (non-hydrogen) atoms. The van der Waals surface area contributed by atoms with Gasteiger partial charge < -0.3 is 20.1 Å². The average Bonchev–Trinajstić information content (AvgIpc) is 2.11. The maximum absolute atomic E-state index is 10.5. The van der Waals surface area contributed by atoms with Gasteiger partial charge in [0.05, 0.1) is 19.1 Å². The molecule has 0 rings (SSSR count). The Morgan fingerprint density at radius 1 is 1.36 bits per heavy atom. The highest BCUT2D eigenvalue weighted by Crippen LogP contribution is 2.06. The molecule has 0 bridgehead atoms. The van der Waals surface area contributed by atoms with E-state index < -0.39 is 30.6 Å². The molecule has 0 aliphatic heterocycles. The summed E-state index contributed by atoms with van der Waals surface area (Å²) in [4.78, 5) is 20.8. The molecule has 2 unspecified atom stereocenters. The predicted molar refractivity (Wildman–Crippen MR) is 45.9 cm³/mol. The number of aliphatic carboxylic acids is 2. The van der Waals surface area contributed by atoms with Crippen LogP contribution in [0.1, 0.15) is 19.8 Å². The minimum atomic E-state index is -1.40. The fourth-order valence-electron chi connectivity index (χ4n) is 0.853. The van der Waals surface area contributed by atoms with Gasteiger partial charge in [0.2, 0.25) is 0 Å². The summed E-state index contributed by atoms with van der Waals surface area (Å²) in [6.45, 7) is 1.39. The first-order chi connectivity index (χ1) is 6.51. The Kier molecular flexibility index (Phi) is 5.82. The number of carboxylic acids is 2. The number of aliphatic hydroxyl groups is 1. The first-order valence-electron chi connectivity index (χ1n) is 4.22. The summed E-state index contributed by atoms with van der Waals surface area (Å²) in [5.41, 5.74) is 0. The minimum absolute atomic E-state index is 0.320. The molecule has 0 aromatic heterocycles. The van der Waals surface area contributed by atoms with Crippen molar-refractivity contribution < 1.29 is 29.6 Å². The lowest BCUT2D eigenvalue weighted by Gasteiger charge is -2.18. The fourth-order valence-corrected chi connectivity index (χ4v) is 0.853. The zero-order valence-corrected chi connectivity index (χ0v) is 7.84. The molecule has 0 aromatic carbocycles. The molecule has 0 spiro atoms. The van der Waals surface area contributed by atoms with Gasteiger partial charge in [-0.2, -0.15) is 0 Å². The van der Waals surface area contributed by atoms with E-state index in [9.17, 15) is 9.59 Å². The number of carbonyl (C=O) groups is 2. The molecule has 0 heterocycles. The fraction of sp³-hybridized carbons (Fsp3) is 0.750. The standard InChI is InChI=1S/C8H14O6/c1-2-5(4-9)14-6(8(12)13)3-7(10)11/h5-6,9H,2-4H2,1H3,(H,10,11)(H,12,13). The normalized spacial score (nSPS) is 14.7. The van der Waals surface area contributed by atoms with Gasteiger partial charge in [-0.05, 0) is 6.42 Å². The summed E-state index contributed by atoms with van der Waals surface area (Å²) < 4.78 is 4.89. The molecule has 2 atom stereocenters. The lowest BCUT2D eigenvalue weighted by molar-refractivity contribution is -0.162. The Labute approximate surface area is 81.1 Å². The van der Waals surface area contributed by atoms with Crippen molar-refractivity contribution >= 4 is 11.9 Å². The second-order valence-corrected chi connectivity index (χ2v) is 2.77. The third-order valence-corrected chi connectivity index (χ3v) is 1.65. The van der Waals surface area contributed by atoms with E-state index in [-0.39, 0.29) is 6.61 Å². The molecule has 6 heteroatoms. The van der Waals surface area contributed by atoms with E-state index in [2.05, 4.69) is 0 Å². The third kappa shape index (κ3) is 4.78. The van der Waals surface area contributed by atoms with Crippen molar-refractivity contribution in [3.63, 3.8) is 0 Å². The monoisotopic (exact) mass is 206 g/mol. The zero-order valence-electron chi connectivity index (χ0n) is 7.84. The number of hydrogen-bond acceptors (Lipinski definition) is 4. The van der Waals surface area contributed by atoms with Crippen LogP contribution in [0.15, 0.2) is 0 Å². The lowest BCUT2D eigenvalue weighted by Crippen LogP contribution is -2.32. The summed E-state index contributed by atoms with van der Waals surface area (Å²) in [7, 11) is 0. The van der Waals surface area contributed by atoms with Crippen LogP contribution in [0.3, 0.4) is 0 Å². The number of rotatable bonds is 7. The first kappa shape index (κ1) is 12.9. The number of carboxylic acid groups (broad SMARTS) is 2. The maximum Gasteiger partial charge on any atom is 0.333 e. The second kappa shape index (κ2) is 6.33. The quantitative estimate of drug-likeness (QED) is 0.528. The van der Waals surface area contributed by atoms with Crippen LogP contribution in [0.2, 0.25) is 0 Å². The Morgan fingerprint density at radius 3 is 2.21 bits per heavy atom. The lowest BCUT2D eigenvalue weighted by atomic mass is 10.2. The maximum atomic E-state index is 10.5. The van der Waals surface area contributed by atoms with Crippen LogP contribution in [0.5, 0.6) is 0 Å². The smallest absolute Gasteiger partial charge is 0.333 e. The summed E-state index contributed by atoms with van der Waals surface area (Å²) in [5, 5.41) is 25.7. The van der Waals surface area contributed by atoms with Crippen molar-refractivity contribution in [2.75, 3.05) is 6.61 Å². The van der Waals surface area contributed by atoms with Gasteiger partial charge in [-0.25, -0.2) is 4.79 Å². The van der Waals surface area contributed by atoms with Crippen LogP contribution in [-0.4, -0.2) is 46.1 Å². The van der Waals surface area contributed by atoms with Crippen molar-refractivity contribution in [2.24, 2.45) is 0 Å². The van der Waals surface area contributed by atoms with Crippen molar-refractivity contribution in [1.82, 2.24) is 0 Å². The summed E-state index contributed by atoms with van der Waals surface area (Å²) in [5.74, 6) is -2.58. The predicted octanol–water partition coefficient (Wildman–Crippen LogP) is -0.298. The number of ether oxygens (including phenoxy) is 1. The van der Waals surface area contributed by atoms with Gasteiger partial charge in [-0.3, -0.25) is 4.79 Å². The van der Waals surface area contributed by atoms with E-state index in [0.29, 0.717) is 6.42 Å². The van der Waals surface area contributed by atoms with Gasteiger partial charge in [0, 0.05) is 0 Å². The molecule has 0 amide bonds. The molecule has 0 aliphatic rings.